The van der Waals surface area contributed by atoms with Gasteiger partial charge >= 0.3 is 0 Å². The van der Waals surface area contributed by atoms with Crippen molar-refractivity contribution in [1.82, 2.24) is 4.90 Å². The van der Waals surface area contributed by atoms with Crippen molar-refractivity contribution >= 4 is 0 Å². The van der Waals surface area contributed by atoms with Gasteiger partial charge < -0.3 is 5.11 Å². The molecule has 1 unspecified atom stereocenters. The molecule has 0 spiro atoms. The number of hydrogen-bond acceptors (Lipinski definition) is 2. The molecule has 2 nitrogen and oxygen atoms in total. The molecule has 0 aromatic carbocycles. The predicted octanol–water partition coefficient (Wildman–Crippen LogP) is 2.80. The third-order valence-corrected chi connectivity index (χ3v) is 4.57. The molecule has 1 saturated carbocycles. The zero-order chi connectivity index (χ0) is 11.6. The fraction of sp³-hybridized carbons (Fsp3) is 1.00. The van der Waals surface area contributed by atoms with Crippen LogP contribution in [0, 0.1) is 5.92 Å². The first kappa shape index (κ1) is 12.4. The standard InChI is InChI=1S/C14H27NO/c1-14(2)10-12(8-9-16)11-15(14)13-6-4-3-5-7-13/h12-13,16H,3-11H2,1-2H3. The summed E-state index contributed by atoms with van der Waals surface area (Å²) in [6.45, 7) is 6.36. The largest absolute Gasteiger partial charge is 0.396 e. The smallest absolute Gasteiger partial charge is 0.0434 e. The van der Waals surface area contributed by atoms with E-state index in [1.807, 2.05) is 0 Å². The number of aliphatic hydroxyl groups excluding tert-OH is 1. The molecule has 0 aromatic rings. The number of rotatable bonds is 3. The lowest BCUT2D eigenvalue weighted by Gasteiger charge is -2.40. The molecule has 2 aliphatic rings. The summed E-state index contributed by atoms with van der Waals surface area (Å²) in [5, 5.41) is 9.07. The quantitative estimate of drug-likeness (QED) is 0.798. The van der Waals surface area contributed by atoms with Crippen LogP contribution in [0.1, 0.15) is 58.8 Å². The maximum absolute atomic E-state index is 9.07. The molecule has 1 aliphatic heterocycles. The van der Waals surface area contributed by atoms with Crippen molar-refractivity contribution in [3.63, 3.8) is 0 Å². The summed E-state index contributed by atoms with van der Waals surface area (Å²) in [7, 11) is 0. The maximum atomic E-state index is 9.07. The fourth-order valence-electron chi connectivity index (χ4n) is 3.83. The van der Waals surface area contributed by atoms with Crippen LogP contribution < -0.4 is 0 Å². The molecule has 0 radical (unpaired) electrons. The second-order valence-corrected chi connectivity index (χ2v) is 6.34. The van der Waals surface area contributed by atoms with Crippen LogP contribution in [0.5, 0.6) is 0 Å². The summed E-state index contributed by atoms with van der Waals surface area (Å²) in [6.07, 6.45) is 9.33. The van der Waals surface area contributed by atoms with E-state index < -0.39 is 0 Å². The van der Waals surface area contributed by atoms with Crippen molar-refractivity contribution in [3.05, 3.63) is 0 Å². The van der Waals surface area contributed by atoms with Crippen molar-refractivity contribution in [2.45, 2.75) is 70.4 Å². The minimum atomic E-state index is 0.360. The summed E-state index contributed by atoms with van der Waals surface area (Å²) < 4.78 is 0. The Morgan fingerprint density at radius 3 is 2.50 bits per heavy atom. The Labute approximate surface area is 100 Å². The zero-order valence-corrected chi connectivity index (χ0v) is 10.9. The average molecular weight is 225 g/mol. The highest BCUT2D eigenvalue weighted by atomic mass is 16.3. The summed E-state index contributed by atoms with van der Waals surface area (Å²) in [5.74, 6) is 0.724. The van der Waals surface area contributed by atoms with E-state index in [1.165, 1.54) is 45.1 Å². The summed E-state index contributed by atoms with van der Waals surface area (Å²) in [4.78, 5) is 2.74. The van der Waals surface area contributed by atoms with Crippen LogP contribution in [-0.2, 0) is 0 Å². The first-order valence-corrected chi connectivity index (χ1v) is 7.01. The van der Waals surface area contributed by atoms with Crippen molar-refractivity contribution < 1.29 is 5.11 Å². The van der Waals surface area contributed by atoms with Crippen LogP contribution in [0.25, 0.3) is 0 Å². The lowest BCUT2D eigenvalue weighted by molar-refractivity contribution is 0.0884. The van der Waals surface area contributed by atoms with Gasteiger partial charge in [0.15, 0.2) is 0 Å². The van der Waals surface area contributed by atoms with Gasteiger partial charge in [-0.05, 0) is 45.4 Å². The predicted molar refractivity (Wildman–Crippen MR) is 67.5 cm³/mol. The van der Waals surface area contributed by atoms with Crippen LogP contribution in [-0.4, -0.2) is 34.7 Å². The maximum Gasteiger partial charge on any atom is 0.0434 e. The molecular formula is C14H27NO. The average Bonchev–Trinajstić information content (AvgIpc) is 2.55. The number of hydrogen-bond donors (Lipinski definition) is 1. The normalized spacial score (nSPS) is 32.1. The molecule has 0 amide bonds. The SMILES string of the molecule is CC1(C)CC(CCO)CN1C1CCCCC1. The highest BCUT2D eigenvalue weighted by molar-refractivity contribution is 4.96. The van der Waals surface area contributed by atoms with Gasteiger partial charge in [0.2, 0.25) is 0 Å². The minimum absolute atomic E-state index is 0.360. The third kappa shape index (κ3) is 2.60. The fourth-order valence-corrected chi connectivity index (χ4v) is 3.83. The van der Waals surface area contributed by atoms with Gasteiger partial charge in [-0.25, -0.2) is 0 Å². The van der Waals surface area contributed by atoms with Crippen molar-refractivity contribution in [2.24, 2.45) is 5.92 Å². The Kier molecular flexibility index (Phi) is 3.91. The minimum Gasteiger partial charge on any atom is -0.396 e. The molecule has 1 saturated heterocycles. The van der Waals surface area contributed by atoms with Crippen molar-refractivity contribution in [1.29, 1.82) is 0 Å². The molecule has 2 heteroatoms. The van der Waals surface area contributed by atoms with Crippen molar-refractivity contribution in [3.8, 4) is 0 Å². The molecule has 94 valence electrons. The summed E-state index contributed by atoms with van der Waals surface area (Å²) >= 11 is 0. The van der Waals surface area contributed by atoms with Crippen LogP contribution >= 0.6 is 0 Å². The third-order valence-electron chi connectivity index (χ3n) is 4.57. The van der Waals surface area contributed by atoms with Gasteiger partial charge in [-0.15, -0.1) is 0 Å². The Morgan fingerprint density at radius 1 is 1.19 bits per heavy atom. The first-order chi connectivity index (χ1) is 7.63. The van der Waals surface area contributed by atoms with E-state index in [0.29, 0.717) is 12.1 Å². The van der Waals surface area contributed by atoms with E-state index in [1.54, 1.807) is 0 Å². The molecule has 1 N–H and O–H groups in total. The van der Waals surface area contributed by atoms with Crippen LogP contribution in [0.4, 0.5) is 0 Å². The van der Waals surface area contributed by atoms with Crippen LogP contribution in [0.3, 0.4) is 0 Å². The number of likely N-dealkylation sites (tertiary alicyclic amines) is 1. The Morgan fingerprint density at radius 2 is 1.88 bits per heavy atom. The van der Waals surface area contributed by atoms with Gasteiger partial charge in [-0.1, -0.05) is 19.3 Å². The molecular weight excluding hydrogens is 198 g/mol. The van der Waals surface area contributed by atoms with Gasteiger partial charge in [-0.3, -0.25) is 4.90 Å². The molecule has 16 heavy (non-hydrogen) atoms. The second-order valence-electron chi connectivity index (χ2n) is 6.34. The molecule has 1 aliphatic carbocycles. The van der Waals surface area contributed by atoms with E-state index in [2.05, 4.69) is 18.7 Å². The first-order valence-electron chi connectivity index (χ1n) is 7.01. The van der Waals surface area contributed by atoms with E-state index in [0.717, 1.165) is 18.4 Å². The van der Waals surface area contributed by atoms with Gasteiger partial charge in [0.25, 0.3) is 0 Å². The lowest BCUT2D eigenvalue weighted by atomic mass is 9.90. The van der Waals surface area contributed by atoms with E-state index in [-0.39, 0.29) is 0 Å². The lowest BCUT2D eigenvalue weighted by Crippen LogP contribution is -2.46. The zero-order valence-electron chi connectivity index (χ0n) is 10.9. The monoisotopic (exact) mass is 225 g/mol. The number of nitrogens with zero attached hydrogens (tertiary/aromatic N) is 1. The summed E-state index contributed by atoms with van der Waals surface area (Å²) in [5.41, 5.74) is 0.363. The second kappa shape index (κ2) is 5.05. The van der Waals surface area contributed by atoms with Gasteiger partial charge in [-0.2, -0.15) is 0 Å². The highest BCUT2D eigenvalue weighted by Crippen LogP contribution is 2.39. The molecule has 2 fully saturated rings. The van der Waals surface area contributed by atoms with Crippen molar-refractivity contribution in [2.75, 3.05) is 13.2 Å². The Bertz CT molecular complexity index is 221. The Balaban J connectivity index is 1.97. The molecule has 1 heterocycles. The van der Waals surface area contributed by atoms with E-state index in [9.17, 15) is 0 Å². The van der Waals surface area contributed by atoms with E-state index >= 15 is 0 Å². The molecule has 0 aromatic heterocycles. The van der Waals surface area contributed by atoms with Crippen LogP contribution in [0.2, 0.25) is 0 Å². The van der Waals surface area contributed by atoms with Gasteiger partial charge in [0, 0.05) is 24.7 Å². The van der Waals surface area contributed by atoms with Gasteiger partial charge in [0.1, 0.15) is 0 Å². The van der Waals surface area contributed by atoms with Crippen LogP contribution in [0.15, 0.2) is 0 Å². The number of aliphatic hydroxyl groups is 1. The van der Waals surface area contributed by atoms with Gasteiger partial charge in [0.05, 0.1) is 0 Å². The Hall–Kier alpha value is -0.0800. The van der Waals surface area contributed by atoms with E-state index in [4.69, 9.17) is 5.11 Å². The summed E-state index contributed by atoms with van der Waals surface area (Å²) in [6, 6.07) is 0.826. The topological polar surface area (TPSA) is 23.5 Å². The highest BCUT2D eigenvalue weighted by Gasteiger charge is 2.41. The molecule has 1 atom stereocenters. The molecule has 0 bridgehead atoms. The molecule has 2 rings (SSSR count).